The van der Waals surface area contributed by atoms with Gasteiger partial charge in [0.05, 0.1) is 5.69 Å². The molecule has 0 fully saturated rings. The average Bonchev–Trinajstić information content (AvgIpc) is 3.45. The Hall–Kier alpha value is -9.52. The quantitative estimate of drug-likeness (QED) is 0.120. The van der Waals surface area contributed by atoms with Crippen LogP contribution in [0.1, 0.15) is 0 Å². The van der Waals surface area contributed by atoms with E-state index in [1.54, 1.807) is 0 Å². The van der Waals surface area contributed by atoms with Crippen molar-refractivity contribution in [1.82, 2.24) is 0 Å². The lowest BCUT2D eigenvalue weighted by molar-refractivity contribution is 1.21. The van der Waals surface area contributed by atoms with Gasteiger partial charge in [-0.2, -0.15) is 0 Å². The molecular weight excluding hydrogens is 874 g/mol. The first kappa shape index (κ1) is 42.6. The van der Waals surface area contributed by atoms with Gasteiger partial charge in [-0.1, -0.05) is 158 Å². The van der Waals surface area contributed by atoms with Gasteiger partial charge in [0, 0.05) is 79.6 Å². The molecule has 11 aromatic rings. The summed E-state index contributed by atoms with van der Waals surface area (Å²) in [5.41, 5.74) is 20.1. The molecule has 0 N–H and O–H groups in total. The van der Waals surface area contributed by atoms with E-state index in [9.17, 15) is 0 Å². The number of hydrogen-bond acceptors (Lipinski definition) is 5. The van der Waals surface area contributed by atoms with E-state index in [0.717, 1.165) is 85.3 Å². The molecule has 11 aromatic carbocycles. The number of rotatable bonds is 11. The summed E-state index contributed by atoms with van der Waals surface area (Å²) in [6, 6.07) is 105. The minimum atomic E-state index is -0.122. The van der Waals surface area contributed by atoms with Gasteiger partial charge in [-0.25, -0.2) is 0 Å². The zero-order valence-electron chi connectivity index (χ0n) is 39.5. The normalized spacial score (nSPS) is 12.1. The van der Waals surface area contributed by atoms with Crippen LogP contribution in [0.4, 0.5) is 85.3 Å². The van der Waals surface area contributed by atoms with Crippen LogP contribution in [0.15, 0.2) is 291 Å². The van der Waals surface area contributed by atoms with Gasteiger partial charge in [-0.15, -0.1) is 0 Å². The van der Waals surface area contributed by atoms with Crippen molar-refractivity contribution in [3.05, 3.63) is 291 Å². The topological polar surface area (TPSA) is 16.2 Å². The third-order valence-corrected chi connectivity index (χ3v) is 13.9. The van der Waals surface area contributed by atoms with E-state index in [2.05, 4.69) is 316 Å². The van der Waals surface area contributed by atoms with E-state index < -0.39 is 0 Å². The third-order valence-electron chi connectivity index (χ3n) is 13.9. The Morgan fingerprint density at radius 3 is 0.764 bits per heavy atom. The molecule has 0 saturated carbocycles. The van der Waals surface area contributed by atoms with E-state index >= 15 is 0 Å². The SMILES string of the molecule is c1ccc(N(c2ccccc2)c2ccc3c(c2)N(c2ccccc2)c2cc(N(c4ccccc4)c4ccccc4)cc4c2B3c2ccc(N(c3ccccc3)c3ccccc3)cc2N4c2ccccc2)cc1. The molecule has 0 unspecified atom stereocenters. The van der Waals surface area contributed by atoms with Crippen molar-refractivity contribution >= 4 is 108 Å². The van der Waals surface area contributed by atoms with Crippen LogP contribution in [0.25, 0.3) is 0 Å². The molecule has 13 rings (SSSR count). The molecule has 2 aliphatic rings. The van der Waals surface area contributed by atoms with Crippen LogP contribution in [0.3, 0.4) is 0 Å². The number of hydrogen-bond donors (Lipinski definition) is 0. The van der Waals surface area contributed by atoms with Gasteiger partial charge >= 0.3 is 0 Å². The lowest BCUT2D eigenvalue weighted by atomic mass is 9.33. The van der Waals surface area contributed by atoms with Crippen molar-refractivity contribution in [1.29, 1.82) is 0 Å². The molecule has 0 saturated heterocycles. The fraction of sp³-hybridized carbons (Fsp3) is 0. The van der Waals surface area contributed by atoms with Crippen molar-refractivity contribution in [2.75, 3.05) is 24.5 Å². The smallest absolute Gasteiger partial charge is 0.252 e. The van der Waals surface area contributed by atoms with Gasteiger partial charge < -0.3 is 24.5 Å². The standard InChI is InChI=1S/C66H48BN5/c1-9-25-49(26-10-1)68(50-27-11-2-12-28-50)57-41-43-60-62(45-57)71(55-37-21-7-22-38-55)64-47-59(70(53-33-17-5-18-34-53)54-35-19-6-20-36-54)48-65-66(64)67(60)61-44-42-58(46-63(61)72(65)56-39-23-8-24-40-56)69(51-29-13-3-14-30-51)52-31-15-4-16-32-52/h1-48H. The first-order chi connectivity index (χ1) is 35.8. The predicted molar refractivity (Wildman–Crippen MR) is 305 cm³/mol. The summed E-state index contributed by atoms with van der Waals surface area (Å²) in [7, 11) is 0. The molecular formula is C66H48BN5. The minimum absolute atomic E-state index is 0.122. The second-order valence-electron chi connectivity index (χ2n) is 18.2. The number of para-hydroxylation sites is 8. The maximum Gasteiger partial charge on any atom is 0.252 e. The Morgan fingerprint density at radius 1 is 0.222 bits per heavy atom. The number of anilines is 15. The summed E-state index contributed by atoms with van der Waals surface area (Å²) >= 11 is 0. The molecule has 72 heavy (non-hydrogen) atoms. The largest absolute Gasteiger partial charge is 0.311 e. The fourth-order valence-electron chi connectivity index (χ4n) is 10.9. The lowest BCUT2D eigenvalue weighted by Crippen LogP contribution is -2.61. The van der Waals surface area contributed by atoms with E-state index in [-0.39, 0.29) is 6.71 Å². The molecule has 0 radical (unpaired) electrons. The second-order valence-corrected chi connectivity index (χ2v) is 18.2. The number of fused-ring (bicyclic) bond motifs is 4. The Morgan fingerprint density at radius 2 is 0.472 bits per heavy atom. The molecule has 0 atom stereocenters. The van der Waals surface area contributed by atoms with Gasteiger partial charge in [0.25, 0.3) is 6.71 Å². The van der Waals surface area contributed by atoms with Crippen molar-refractivity contribution in [2.24, 2.45) is 0 Å². The molecule has 2 heterocycles. The van der Waals surface area contributed by atoms with Crippen LogP contribution in [-0.4, -0.2) is 6.71 Å². The second kappa shape index (κ2) is 18.4. The molecule has 5 nitrogen and oxygen atoms in total. The van der Waals surface area contributed by atoms with E-state index in [4.69, 9.17) is 0 Å². The molecule has 6 heteroatoms. The Kier molecular flexibility index (Phi) is 10.9. The highest BCUT2D eigenvalue weighted by atomic mass is 15.2. The number of benzene rings is 11. The monoisotopic (exact) mass is 921 g/mol. The fourth-order valence-corrected chi connectivity index (χ4v) is 10.9. The molecule has 2 aliphatic heterocycles. The summed E-state index contributed by atoms with van der Waals surface area (Å²) in [5, 5.41) is 0. The summed E-state index contributed by atoms with van der Waals surface area (Å²) in [6.07, 6.45) is 0. The average molecular weight is 922 g/mol. The van der Waals surface area contributed by atoms with E-state index in [1.165, 1.54) is 16.4 Å². The van der Waals surface area contributed by atoms with E-state index in [0.29, 0.717) is 0 Å². The molecule has 0 amide bonds. The van der Waals surface area contributed by atoms with Gasteiger partial charge in [-0.3, -0.25) is 0 Å². The van der Waals surface area contributed by atoms with Crippen LogP contribution in [0, 0.1) is 0 Å². The van der Waals surface area contributed by atoms with Crippen molar-refractivity contribution < 1.29 is 0 Å². The molecule has 0 aliphatic carbocycles. The minimum Gasteiger partial charge on any atom is -0.311 e. The summed E-state index contributed by atoms with van der Waals surface area (Å²) in [6.45, 7) is -0.122. The van der Waals surface area contributed by atoms with Crippen LogP contribution in [0.2, 0.25) is 0 Å². The highest BCUT2D eigenvalue weighted by molar-refractivity contribution is 7.00. The van der Waals surface area contributed by atoms with E-state index in [1.807, 2.05) is 0 Å². The van der Waals surface area contributed by atoms with Gasteiger partial charge in [0.2, 0.25) is 0 Å². The maximum absolute atomic E-state index is 2.51. The maximum atomic E-state index is 2.51. The Bertz CT molecular complexity index is 3330. The summed E-state index contributed by atoms with van der Waals surface area (Å²) in [4.78, 5) is 12.2. The van der Waals surface area contributed by atoms with Crippen molar-refractivity contribution in [3.63, 3.8) is 0 Å². The zero-order valence-corrected chi connectivity index (χ0v) is 39.5. The molecule has 340 valence electrons. The Balaban J connectivity index is 1.13. The molecule has 0 spiro atoms. The van der Waals surface area contributed by atoms with Crippen molar-refractivity contribution in [2.45, 2.75) is 0 Å². The van der Waals surface area contributed by atoms with Gasteiger partial charge in [0.1, 0.15) is 0 Å². The molecule has 0 aromatic heterocycles. The summed E-state index contributed by atoms with van der Waals surface area (Å²) in [5.74, 6) is 0. The van der Waals surface area contributed by atoms with Gasteiger partial charge in [0.15, 0.2) is 0 Å². The number of nitrogens with zero attached hydrogens (tertiary/aromatic N) is 5. The van der Waals surface area contributed by atoms with Crippen LogP contribution >= 0.6 is 0 Å². The molecule has 0 bridgehead atoms. The summed E-state index contributed by atoms with van der Waals surface area (Å²) < 4.78 is 0. The predicted octanol–water partition coefficient (Wildman–Crippen LogP) is 16.2. The van der Waals surface area contributed by atoms with Gasteiger partial charge in [-0.05, 0) is 150 Å². The van der Waals surface area contributed by atoms with Crippen LogP contribution < -0.4 is 40.9 Å². The third kappa shape index (κ3) is 7.54. The highest BCUT2D eigenvalue weighted by Gasteiger charge is 2.44. The van der Waals surface area contributed by atoms with Crippen molar-refractivity contribution in [3.8, 4) is 0 Å². The highest BCUT2D eigenvalue weighted by Crippen LogP contribution is 2.50. The van der Waals surface area contributed by atoms with Crippen LogP contribution in [0.5, 0.6) is 0 Å². The Labute approximate surface area is 422 Å². The lowest BCUT2D eigenvalue weighted by Gasteiger charge is -2.45. The van der Waals surface area contributed by atoms with Crippen LogP contribution in [-0.2, 0) is 0 Å². The first-order valence-corrected chi connectivity index (χ1v) is 24.6. The first-order valence-electron chi connectivity index (χ1n) is 24.6. The zero-order chi connectivity index (χ0) is 47.8.